The van der Waals surface area contributed by atoms with Gasteiger partial charge in [0.1, 0.15) is 5.25 Å². The molecule has 1 aromatic heterocycles. The summed E-state index contributed by atoms with van der Waals surface area (Å²) >= 11 is 1.54. The zero-order chi connectivity index (χ0) is 15.5. The zero-order valence-corrected chi connectivity index (χ0v) is 13.5. The van der Waals surface area contributed by atoms with Crippen molar-refractivity contribution in [3.63, 3.8) is 0 Å². The number of para-hydroxylation sites is 2. The van der Waals surface area contributed by atoms with Gasteiger partial charge in [0.2, 0.25) is 0 Å². The lowest BCUT2D eigenvalue weighted by Crippen LogP contribution is -2.07. The molecule has 0 fully saturated rings. The summed E-state index contributed by atoms with van der Waals surface area (Å²) in [5.41, 5.74) is 4.52. The Labute approximate surface area is 134 Å². The van der Waals surface area contributed by atoms with E-state index in [4.69, 9.17) is 0 Å². The first kappa shape index (κ1) is 14.7. The van der Waals surface area contributed by atoms with Crippen molar-refractivity contribution in [3.05, 3.63) is 59.7 Å². The maximum Gasteiger partial charge on any atom is 0.170 e. The first-order valence-corrected chi connectivity index (χ1v) is 8.09. The fraction of sp³-hybridized carbons (Fsp3) is 0.222. The molecule has 1 atom stereocenters. The molecule has 0 saturated heterocycles. The molecule has 0 aliphatic heterocycles. The number of hydrogen-bond acceptors (Lipinski definition) is 3. The van der Waals surface area contributed by atoms with Gasteiger partial charge in [-0.05, 0) is 36.6 Å². The zero-order valence-electron chi connectivity index (χ0n) is 12.7. The number of aromatic nitrogens is 2. The van der Waals surface area contributed by atoms with Gasteiger partial charge in [0.15, 0.2) is 5.16 Å². The van der Waals surface area contributed by atoms with Gasteiger partial charge in [0.25, 0.3) is 0 Å². The van der Waals surface area contributed by atoms with Crippen LogP contribution < -0.4 is 0 Å². The molecule has 0 bridgehead atoms. The molecule has 0 radical (unpaired) electrons. The molecule has 0 amide bonds. The smallest absolute Gasteiger partial charge is 0.170 e. The monoisotopic (exact) mass is 307 g/mol. The topological polar surface area (TPSA) is 41.6 Å². The molecule has 3 rings (SSSR count). The van der Waals surface area contributed by atoms with Crippen molar-refractivity contribution in [1.29, 1.82) is 5.26 Å². The maximum atomic E-state index is 9.50. The lowest BCUT2D eigenvalue weighted by Gasteiger charge is -2.10. The van der Waals surface area contributed by atoms with Crippen LogP contribution in [0.15, 0.2) is 53.7 Å². The number of hydrogen-bond donors (Lipinski definition) is 0. The van der Waals surface area contributed by atoms with Crippen molar-refractivity contribution in [3.8, 4) is 6.07 Å². The van der Waals surface area contributed by atoms with Crippen LogP contribution in [0.3, 0.4) is 0 Å². The lowest BCUT2D eigenvalue weighted by molar-refractivity contribution is 0.811. The van der Waals surface area contributed by atoms with Crippen LogP contribution in [-0.2, 0) is 13.5 Å². The normalized spacial score (nSPS) is 12.2. The molecule has 110 valence electrons. The summed E-state index contributed by atoms with van der Waals surface area (Å²) in [6.07, 6.45) is 0.733. The molecule has 0 spiro atoms. The van der Waals surface area contributed by atoms with E-state index < -0.39 is 0 Å². The third-order valence-electron chi connectivity index (χ3n) is 3.80. The minimum atomic E-state index is -0.142. The SMILES string of the molecule is Cc1ccccc1CC(C#N)Sc1nc2ccccc2n1C. The van der Waals surface area contributed by atoms with E-state index in [2.05, 4.69) is 40.7 Å². The van der Waals surface area contributed by atoms with Crippen LogP contribution in [0.2, 0.25) is 0 Å². The van der Waals surface area contributed by atoms with Gasteiger partial charge in [0.05, 0.1) is 17.1 Å². The van der Waals surface area contributed by atoms with E-state index in [1.54, 1.807) is 0 Å². The fourth-order valence-corrected chi connectivity index (χ4v) is 3.49. The molecule has 22 heavy (non-hydrogen) atoms. The molecule has 0 saturated carbocycles. The van der Waals surface area contributed by atoms with Gasteiger partial charge in [0, 0.05) is 7.05 Å². The Kier molecular flexibility index (Phi) is 4.17. The highest BCUT2D eigenvalue weighted by Crippen LogP contribution is 2.28. The molecule has 1 unspecified atom stereocenters. The highest BCUT2D eigenvalue weighted by molar-refractivity contribution is 8.00. The minimum Gasteiger partial charge on any atom is -0.322 e. The Morgan fingerprint density at radius 2 is 1.91 bits per heavy atom. The average Bonchev–Trinajstić information content (AvgIpc) is 2.85. The number of nitrogens with zero attached hydrogens (tertiary/aromatic N) is 3. The average molecular weight is 307 g/mol. The van der Waals surface area contributed by atoms with Crippen molar-refractivity contribution in [2.45, 2.75) is 23.8 Å². The number of rotatable bonds is 4. The second-order valence-electron chi connectivity index (χ2n) is 5.31. The molecule has 0 aliphatic carbocycles. The second-order valence-corrected chi connectivity index (χ2v) is 6.48. The first-order chi connectivity index (χ1) is 10.7. The van der Waals surface area contributed by atoms with Crippen LogP contribution in [-0.4, -0.2) is 14.8 Å². The van der Waals surface area contributed by atoms with Crippen molar-refractivity contribution >= 4 is 22.8 Å². The van der Waals surface area contributed by atoms with Gasteiger partial charge in [-0.1, -0.05) is 48.2 Å². The van der Waals surface area contributed by atoms with E-state index in [-0.39, 0.29) is 5.25 Å². The Balaban J connectivity index is 1.85. The summed E-state index contributed by atoms with van der Waals surface area (Å²) in [6, 6.07) is 18.7. The number of nitriles is 1. The summed E-state index contributed by atoms with van der Waals surface area (Å²) in [6.45, 7) is 2.09. The standard InChI is InChI=1S/C18H17N3S/c1-13-7-3-4-8-14(13)11-15(12-19)22-18-20-16-9-5-6-10-17(16)21(18)2/h3-10,15H,11H2,1-2H3. The molecule has 3 nitrogen and oxygen atoms in total. The Hall–Kier alpha value is -2.25. The van der Waals surface area contributed by atoms with E-state index in [1.165, 1.54) is 22.9 Å². The quantitative estimate of drug-likeness (QED) is 0.681. The van der Waals surface area contributed by atoms with Crippen LogP contribution in [0.25, 0.3) is 11.0 Å². The second kappa shape index (κ2) is 6.25. The number of aryl methyl sites for hydroxylation is 2. The number of fused-ring (bicyclic) bond motifs is 1. The predicted octanol–water partition coefficient (Wildman–Crippen LogP) is 4.11. The number of thioether (sulfide) groups is 1. The summed E-state index contributed by atoms with van der Waals surface area (Å²) in [5, 5.41) is 10.2. The molecule has 0 N–H and O–H groups in total. The van der Waals surface area contributed by atoms with E-state index in [0.29, 0.717) is 0 Å². The third-order valence-corrected chi connectivity index (χ3v) is 4.94. The van der Waals surface area contributed by atoms with Crippen LogP contribution in [0.5, 0.6) is 0 Å². The fourth-order valence-electron chi connectivity index (χ4n) is 2.51. The van der Waals surface area contributed by atoms with Crippen LogP contribution >= 0.6 is 11.8 Å². The summed E-state index contributed by atoms with van der Waals surface area (Å²) in [7, 11) is 2.00. The van der Waals surface area contributed by atoms with Gasteiger partial charge < -0.3 is 4.57 Å². The van der Waals surface area contributed by atoms with Crippen LogP contribution in [0.1, 0.15) is 11.1 Å². The largest absolute Gasteiger partial charge is 0.322 e. The molecule has 3 aromatic rings. The maximum absolute atomic E-state index is 9.50. The van der Waals surface area contributed by atoms with Crippen molar-refractivity contribution in [2.75, 3.05) is 0 Å². The highest BCUT2D eigenvalue weighted by Gasteiger charge is 2.16. The van der Waals surface area contributed by atoms with Crippen molar-refractivity contribution < 1.29 is 0 Å². The van der Waals surface area contributed by atoms with Crippen molar-refractivity contribution in [1.82, 2.24) is 9.55 Å². The van der Waals surface area contributed by atoms with E-state index in [0.717, 1.165) is 22.6 Å². The summed E-state index contributed by atoms with van der Waals surface area (Å²) in [5.74, 6) is 0. The van der Waals surface area contributed by atoms with Gasteiger partial charge in [-0.25, -0.2) is 4.98 Å². The summed E-state index contributed by atoms with van der Waals surface area (Å²) < 4.78 is 2.06. The lowest BCUT2D eigenvalue weighted by atomic mass is 10.0. The Bertz CT molecular complexity index is 845. The van der Waals surface area contributed by atoms with Gasteiger partial charge in [-0.3, -0.25) is 0 Å². The van der Waals surface area contributed by atoms with Gasteiger partial charge in [-0.15, -0.1) is 0 Å². The van der Waals surface area contributed by atoms with E-state index in [1.807, 2.05) is 37.4 Å². The summed E-state index contributed by atoms with van der Waals surface area (Å²) in [4.78, 5) is 4.64. The van der Waals surface area contributed by atoms with Gasteiger partial charge in [-0.2, -0.15) is 5.26 Å². The predicted molar refractivity (Wildman–Crippen MR) is 90.9 cm³/mol. The molecule has 4 heteroatoms. The van der Waals surface area contributed by atoms with E-state index >= 15 is 0 Å². The molecule has 0 aliphatic rings. The number of benzene rings is 2. The Morgan fingerprint density at radius 1 is 1.18 bits per heavy atom. The Morgan fingerprint density at radius 3 is 2.64 bits per heavy atom. The van der Waals surface area contributed by atoms with Crippen LogP contribution in [0, 0.1) is 18.3 Å². The van der Waals surface area contributed by atoms with E-state index in [9.17, 15) is 5.26 Å². The first-order valence-electron chi connectivity index (χ1n) is 7.21. The van der Waals surface area contributed by atoms with Gasteiger partial charge >= 0.3 is 0 Å². The minimum absolute atomic E-state index is 0.142. The highest BCUT2D eigenvalue weighted by atomic mass is 32.2. The number of imidazole rings is 1. The molecule has 2 aromatic carbocycles. The van der Waals surface area contributed by atoms with Crippen molar-refractivity contribution in [2.24, 2.45) is 7.05 Å². The molecular formula is C18H17N3S. The van der Waals surface area contributed by atoms with Crippen LogP contribution in [0.4, 0.5) is 0 Å². The molecular weight excluding hydrogens is 290 g/mol. The molecule has 1 heterocycles. The third kappa shape index (κ3) is 2.86.